The topological polar surface area (TPSA) is 65.1 Å². The molecule has 1 aromatic carbocycles. The predicted octanol–water partition coefficient (Wildman–Crippen LogP) is 1.26. The first kappa shape index (κ1) is 19.6. The van der Waals surface area contributed by atoms with Crippen LogP contribution in [0.25, 0.3) is 0 Å². The monoisotopic (exact) mass is 374 g/mol. The van der Waals surface area contributed by atoms with Crippen molar-refractivity contribution in [2.45, 2.75) is 25.0 Å². The average molecular weight is 374 g/mol. The zero-order valence-corrected chi connectivity index (χ0v) is 16.3. The minimum absolute atomic E-state index is 0.0186. The van der Waals surface area contributed by atoms with E-state index in [1.54, 1.807) is 0 Å². The number of hydrogen-bond acceptors (Lipinski definition) is 4. The van der Waals surface area contributed by atoms with Crippen molar-refractivity contribution < 1.29 is 14.3 Å². The molecule has 0 bridgehead atoms. The fourth-order valence-corrected chi connectivity index (χ4v) is 3.68. The highest BCUT2D eigenvalue weighted by Gasteiger charge is 2.28. The third kappa shape index (κ3) is 5.43. The number of likely N-dealkylation sites (N-methyl/N-ethyl adjacent to an activating group) is 1. The number of carbonyl (C=O) groups is 2. The Morgan fingerprint density at radius 1 is 1.11 bits per heavy atom. The number of morpholine rings is 1. The van der Waals surface area contributed by atoms with Crippen LogP contribution in [0.3, 0.4) is 0 Å². The van der Waals surface area contributed by atoms with Gasteiger partial charge < -0.3 is 24.8 Å². The van der Waals surface area contributed by atoms with Gasteiger partial charge in [-0.25, -0.2) is 4.79 Å². The molecule has 7 nitrogen and oxygen atoms in total. The van der Waals surface area contributed by atoms with Crippen LogP contribution in [0.15, 0.2) is 30.3 Å². The summed E-state index contributed by atoms with van der Waals surface area (Å²) in [4.78, 5) is 30.9. The number of likely N-dealkylation sites (tertiary alicyclic amines) is 1. The molecule has 2 fully saturated rings. The number of benzene rings is 1. The van der Waals surface area contributed by atoms with E-state index in [0.717, 1.165) is 24.9 Å². The maximum Gasteiger partial charge on any atom is 0.317 e. The van der Waals surface area contributed by atoms with E-state index in [-0.39, 0.29) is 24.1 Å². The maximum atomic E-state index is 12.6. The summed E-state index contributed by atoms with van der Waals surface area (Å²) >= 11 is 0. The quantitative estimate of drug-likeness (QED) is 0.862. The fraction of sp³-hybridized carbons (Fsp3) is 0.600. The highest BCUT2D eigenvalue weighted by molar-refractivity contribution is 5.94. The Bertz CT molecular complexity index is 629. The number of hydrogen-bond donors (Lipinski definition) is 1. The van der Waals surface area contributed by atoms with E-state index in [1.165, 1.54) is 0 Å². The first-order chi connectivity index (χ1) is 13.0. The molecule has 0 aliphatic carbocycles. The molecular formula is C20H30N4O3. The van der Waals surface area contributed by atoms with Crippen LogP contribution in [0.2, 0.25) is 0 Å². The van der Waals surface area contributed by atoms with Gasteiger partial charge in [-0.05, 0) is 39.1 Å². The molecule has 1 unspecified atom stereocenters. The van der Waals surface area contributed by atoms with E-state index < -0.39 is 0 Å². The van der Waals surface area contributed by atoms with E-state index >= 15 is 0 Å². The standard InChI is InChI=1S/C20H30N4O3/c1-22(2)14-18-15-24(12-13-27-18)20(26)21-17-8-10-23(11-9-17)19(25)16-6-4-3-5-7-16/h3-7,17-18H,8-15H2,1-2H3,(H,21,26). The van der Waals surface area contributed by atoms with Crippen LogP contribution < -0.4 is 5.32 Å². The van der Waals surface area contributed by atoms with Crippen LogP contribution in [0.5, 0.6) is 0 Å². The summed E-state index contributed by atoms with van der Waals surface area (Å²) < 4.78 is 5.73. The molecular weight excluding hydrogens is 344 g/mol. The number of nitrogens with one attached hydrogen (secondary N) is 1. The summed E-state index contributed by atoms with van der Waals surface area (Å²) in [5.74, 6) is 0.0695. The van der Waals surface area contributed by atoms with Crippen LogP contribution in [-0.4, -0.2) is 92.2 Å². The zero-order valence-electron chi connectivity index (χ0n) is 16.3. The molecule has 2 saturated heterocycles. The van der Waals surface area contributed by atoms with Gasteiger partial charge >= 0.3 is 6.03 Å². The molecule has 0 spiro atoms. The molecule has 0 radical (unpaired) electrons. The number of piperidine rings is 1. The second-order valence-corrected chi connectivity index (χ2v) is 7.58. The Kier molecular flexibility index (Phi) is 6.68. The number of carbonyl (C=O) groups excluding carboxylic acids is 2. The van der Waals surface area contributed by atoms with Gasteiger partial charge in [0.05, 0.1) is 12.7 Å². The molecule has 1 atom stereocenters. The van der Waals surface area contributed by atoms with Gasteiger partial charge in [0.1, 0.15) is 0 Å². The minimum Gasteiger partial charge on any atom is -0.373 e. The van der Waals surface area contributed by atoms with Crippen LogP contribution in [0.1, 0.15) is 23.2 Å². The molecule has 7 heteroatoms. The summed E-state index contributed by atoms with van der Waals surface area (Å²) in [6, 6.07) is 9.46. The summed E-state index contributed by atoms with van der Waals surface area (Å²) in [6.45, 7) is 3.98. The number of rotatable bonds is 4. The van der Waals surface area contributed by atoms with Crippen molar-refractivity contribution in [3.05, 3.63) is 35.9 Å². The smallest absolute Gasteiger partial charge is 0.317 e. The van der Waals surface area contributed by atoms with Gasteiger partial charge in [0.15, 0.2) is 0 Å². The Morgan fingerprint density at radius 3 is 2.48 bits per heavy atom. The number of urea groups is 1. The summed E-state index contributed by atoms with van der Waals surface area (Å²) in [7, 11) is 4.01. The lowest BCUT2D eigenvalue weighted by Crippen LogP contribution is -2.55. The first-order valence-electron chi connectivity index (χ1n) is 9.69. The lowest BCUT2D eigenvalue weighted by Gasteiger charge is -2.37. The van der Waals surface area contributed by atoms with Crippen molar-refractivity contribution >= 4 is 11.9 Å². The normalized spacial score (nSPS) is 21.4. The van der Waals surface area contributed by atoms with Crippen molar-refractivity contribution in [1.29, 1.82) is 0 Å². The highest BCUT2D eigenvalue weighted by atomic mass is 16.5. The molecule has 148 valence electrons. The van der Waals surface area contributed by atoms with Gasteiger partial charge in [0.25, 0.3) is 5.91 Å². The van der Waals surface area contributed by atoms with Gasteiger partial charge in [-0.2, -0.15) is 0 Å². The number of amides is 3. The van der Waals surface area contributed by atoms with Gasteiger partial charge in [0, 0.05) is 44.3 Å². The molecule has 3 amide bonds. The summed E-state index contributed by atoms with van der Waals surface area (Å²) in [5, 5.41) is 3.14. The van der Waals surface area contributed by atoms with Gasteiger partial charge in [-0.3, -0.25) is 4.79 Å². The fourth-order valence-electron chi connectivity index (χ4n) is 3.68. The molecule has 0 aromatic heterocycles. The Morgan fingerprint density at radius 2 is 1.81 bits per heavy atom. The molecule has 3 rings (SSSR count). The van der Waals surface area contributed by atoms with Crippen molar-refractivity contribution in [2.24, 2.45) is 0 Å². The SMILES string of the molecule is CN(C)CC1CN(C(=O)NC2CCN(C(=O)c3ccccc3)CC2)CCO1. The van der Waals surface area contributed by atoms with Crippen LogP contribution in [0.4, 0.5) is 4.79 Å². The number of nitrogens with zero attached hydrogens (tertiary/aromatic N) is 3. The largest absolute Gasteiger partial charge is 0.373 e. The molecule has 0 saturated carbocycles. The van der Waals surface area contributed by atoms with Crippen LogP contribution >= 0.6 is 0 Å². The number of ether oxygens (including phenoxy) is 1. The van der Waals surface area contributed by atoms with E-state index in [2.05, 4.69) is 10.2 Å². The van der Waals surface area contributed by atoms with E-state index in [9.17, 15) is 9.59 Å². The van der Waals surface area contributed by atoms with Gasteiger partial charge in [-0.15, -0.1) is 0 Å². The first-order valence-corrected chi connectivity index (χ1v) is 9.69. The predicted molar refractivity (Wildman–Crippen MR) is 104 cm³/mol. The third-order valence-electron chi connectivity index (χ3n) is 5.13. The van der Waals surface area contributed by atoms with Gasteiger partial charge in [0.2, 0.25) is 0 Å². The second-order valence-electron chi connectivity index (χ2n) is 7.58. The van der Waals surface area contributed by atoms with Gasteiger partial charge in [-0.1, -0.05) is 18.2 Å². The maximum absolute atomic E-state index is 12.6. The van der Waals surface area contributed by atoms with E-state index in [0.29, 0.717) is 32.8 Å². The van der Waals surface area contributed by atoms with Crippen molar-refractivity contribution in [2.75, 3.05) is 53.4 Å². The van der Waals surface area contributed by atoms with Crippen molar-refractivity contribution in [3.63, 3.8) is 0 Å². The molecule has 2 aliphatic rings. The average Bonchev–Trinajstić information content (AvgIpc) is 2.68. The van der Waals surface area contributed by atoms with Crippen molar-refractivity contribution in [3.8, 4) is 0 Å². The summed E-state index contributed by atoms with van der Waals surface area (Å²) in [5.41, 5.74) is 0.722. The molecule has 1 aromatic rings. The molecule has 2 aliphatic heterocycles. The van der Waals surface area contributed by atoms with Crippen LogP contribution in [0, 0.1) is 0 Å². The van der Waals surface area contributed by atoms with E-state index in [4.69, 9.17) is 4.74 Å². The minimum atomic E-state index is -0.0186. The second kappa shape index (κ2) is 9.19. The molecule has 1 N–H and O–H groups in total. The summed E-state index contributed by atoms with van der Waals surface area (Å²) in [6.07, 6.45) is 1.63. The third-order valence-corrected chi connectivity index (χ3v) is 5.13. The Labute approximate surface area is 161 Å². The lowest BCUT2D eigenvalue weighted by atomic mass is 10.0. The molecule has 27 heavy (non-hydrogen) atoms. The van der Waals surface area contributed by atoms with E-state index in [1.807, 2.05) is 54.2 Å². The highest BCUT2D eigenvalue weighted by Crippen LogP contribution is 2.15. The Balaban J connectivity index is 1.45. The Hall–Kier alpha value is -2.12. The zero-order chi connectivity index (χ0) is 19.2. The van der Waals surface area contributed by atoms with Crippen LogP contribution in [-0.2, 0) is 4.74 Å². The molecule has 2 heterocycles. The van der Waals surface area contributed by atoms with Crippen molar-refractivity contribution in [1.82, 2.24) is 20.0 Å². The lowest BCUT2D eigenvalue weighted by molar-refractivity contribution is -0.0251.